The van der Waals surface area contributed by atoms with Gasteiger partial charge in [-0.15, -0.1) is 0 Å². The molecular formula is C28H28N4O4. The highest BCUT2D eigenvalue weighted by Crippen LogP contribution is 2.34. The molecule has 0 radical (unpaired) electrons. The number of carbonyl (C=O) groups is 1. The van der Waals surface area contributed by atoms with Gasteiger partial charge < -0.3 is 14.8 Å². The van der Waals surface area contributed by atoms with Gasteiger partial charge in [-0.3, -0.25) is 23.9 Å². The van der Waals surface area contributed by atoms with E-state index < -0.39 is 6.10 Å². The first-order chi connectivity index (χ1) is 17.6. The van der Waals surface area contributed by atoms with Gasteiger partial charge >= 0.3 is 0 Å². The Morgan fingerprint density at radius 1 is 1.08 bits per heavy atom. The Hall–Kier alpha value is -3.75. The van der Waals surface area contributed by atoms with E-state index in [0.717, 1.165) is 72.0 Å². The number of amides is 1. The number of fused-ring (bicyclic) bond motifs is 5. The zero-order valence-corrected chi connectivity index (χ0v) is 20.2. The minimum Gasteiger partial charge on any atom is -0.481 e. The monoisotopic (exact) mass is 484 g/mol. The molecule has 6 rings (SSSR count). The molecule has 1 aliphatic rings. The third kappa shape index (κ3) is 3.92. The third-order valence-electron chi connectivity index (χ3n) is 7.00. The minimum absolute atomic E-state index is 0.0652. The van der Waals surface area contributed by atoms with Crippen molar-refractivity contribution in [3.63, 3.8) is 0 Å². The van der Waals surface area contributed by atoms with E-state index in [0.29, 0.717) is 17.7 Å². The molecule has 8 heteroatoms. The molecule has 0 spiro atoms. The van der Waals surface area contributed by atoms with Crippen LogP contribution in [0.3, 0.4) is 0 Å². The predicted molar refractivity (Wildman–Crippen MR) is 140 cm³/mol. The molecule has 1 saturated heterocycles. The highest BCUT2D eigenvalue weighted by Gasteiger charge is 2.20. The molecule has 0 bridgehead atoms. The van der Waals surface area contributed by atoms with Crippen molar-refractivity contribution in [1.29, 1.82) is 0 Å². The van der Waals surface area contributed by atoms with Gasteiger partial charge in [-0.05, 0) is 50.2 Å². The first kappa shape index (κ1) is 22.7. The lowest BCUT2D eigenvalue weighted by molar-refractivity contribution is -0.127. The van der Waals surface area contributed by atoms with Crippen molar-refractivity contribution in [3.8, 4) is 5.75 Å². The molecule has 1 amide bonds. The number of carbonyl (C=O) groups excluding carboxylic acids is 1. The second-order valence-corrected chi connectivity index (χ2v) is 9.28. The summed E-state index contributed by atoms with van der Waals surface area (Å²) >= 11 is 0. The quantitative estimate of drug-likeness (QED) is 0.282. The van der Waals surface area contributed by atoms with Gasteiger partial charge in [-0.1, -0.05) is 18.2 Å². The smallest absolute Gasteiger partial charge is 0.263 e. The Balaban J connectivity index is 1.23. The molecular weight excluding hydrogens is 456 g/mol. The second-order valence-electron chi connectivity index (χ2n) is 9.28. The molecule has 4 heterocycles. The lowest BCUT2D eigenvalue weighted by Crippen LogP contribution is -2.40. The average molecular weight is 485 g/mol. The molecule has 1 unspecified atom stereocenters. The van der Waals surface area contributed by atoms with Crippen LogP contribution in [0, 0.1) is 0 Å². The maximum absolute atomic E-state index is 13.4. The van der Waals surface area contributed by atoms with E-state index in [1.165, 1.54) is 0 Å². The van der Waals surface area contributed by atoms with Gasteiger partial charge in [0.15, 0.2) is 6.10 Å². The SMILES string of the molecule is CC(Oc1ccc2c(c1)c1ccnc3c4ccccc4c(=O)n2c13)C(=O)NCCCN1CCOCC1. The van der Waals surface area contributed by atoms with Crippen LogP contribution in [0.2, 0.25) is 0 Å². The van der Waals surface area contributed by atoms with Crippen LogP contribution in [0.25, 0.3) is 38.1 Å². The second kappa shape index (κ2) is 9.37. The summed E-state index contributed by atoms with van der Waals surface area (Å²) in [6.45, 7) is 6.75. The van der Waals surface area contributed by atoms with Gasteiger partial charge in [0.05, 0.1) is 29.8 Å². The molecule has 2 aromatic carbocycles. The molecule has 0 saturated carbocycles. The van der Waals surface area contributed by atoms with Crippen LogP contribution < -0.4 is 15.6 Å². The van der Waals surface area contributed by atoms with Crippen molar-refractivity contribution in [2.75, 3.05) is 39.4 Å². The van der Waals surface area contributed by atoms with Crippen LogP contribution in [-0.2, 0) is 9.53 Å². The topological polar surface area (TPSA) is 85.2 Å². The molecule has 1 aliphatic heterocycles. The Morgan fingerprint density at radius 3 is 2.72 bits per heavy atom. The highest BCUT2D eigenvalue weighted by atomic mass is 16.5. The number of pyridine rings is 2. The number of benzene rings is 2. The van der Waals surface area contributed by atoms with Gasteiger partial charge in [0, 0.05) is 47.4 Å². The van der Waals surface area contributed by atoms with Crippen LogP contribution in [0.1, 0.15) is 13.3 Å². The molecule has 1 atom stereocenters. The van der Waals surface area contributed by atoms with Crippen molar-refractivity contribution in [3.05, 3.63) is 65.1 Å². The zero-order chi connectivity index (χ0) is 24.6. The zero-order valence-electron chi connectivity index (χ0n) is 20.2. The van der Waals surface area contributed by atoms with E-state index in [-0.39, 0.29) is 11.5 Å². The van der Waals surface area contributed by atoms with Crippen LogP contribution in [0.15, 0.2) is 59.5 Å². The summed E-state index contributed by atoms with van der Waals surface area (Å²) in [7, 11) is 0. The van der Waals surface area contributed by atoms with Gasteiger partial charge in [0.2, 0.25) is 0 Å². The normalized spacial score (nSPS) is 15.7. The fourth-order valence-electron chi connectivity index (χ4n) is 5.16. The number of nitrogens with one attached hydrogen (secondary N) is 1. The molecule has 3 aromatic heterocycles. The summed E-state index contributed by atoms with van der Waals surface area (Å²) in [6.07, 6.45) is 2.02. The van der Waals surface area contributed by atoms with Crippen molar-refractivity contribution in [1.82, 2.24) is 19.6 Å². The van der Waals surface area contributed by atoms with Crippen LogP contribution in [0.5, 0.6) is 5.75 Å². The molecule has 1 N–H and O–H groups in total. The molecule has 1 fully saturated rings. The fraction of sp³-hybridized carbons (Fsp3) is 0.321. The Bertz CT molecular complexity index is 1620. The van der Waals surface area contributed by atoms with Gasteiger partial charge in [-0.25, -0.2) is 0 Å². The van der Waals surface area contributed by atoms with E-state index in [2.05, 4.69) is 15.2 Å². The number of morpholine rings is 1. The number of hydrogen-bond donors (Lipinski definition) is 1. The molecule has 0 aliphatic carbocycles. The van der Waals surface area contributed by atoms with E-state index in [1.807, 2.05) is 48.5 Å². The fourth-order valence-corrected chi connectivity index (χ4v) is 5.16. The largest absolute Gasteiger partial charge is 0.481 e. The third-order valence-corrected chi connectivity index (χ3v) is 7.00. The molecule has 8 nitrogen and oxygen atoms in total. The van der Waals surface area contributed by atoms with Crippen molar-refractivity contribution < 1.29 is 14.3 Å². The predicted octanol–water partition coefficient (Wildman–Crippen LogP) is 3.20. The van der Waals surface area contributed by atoms with Crippen LogP contribution >= 0.6 is 0 Å². The molecule has 184 valence electrons. The highest BCUT2D eigenvalue weighted by molar-refractivity contribution is 6.18. The summed E-state index contributed by atoms with van der Waals surface area (Å²) in [5.74, 6) is 0.439. The lowest BCUT2D eigenvalue weighted by atomic mass is 10.1. The van der Waals surface area contributed by atoms with E-state index in [9.17, 15) is 9.59 Å². The first-order valence-corrected chi connectivity index (χ1v) is 12.4. The Labute approximate surface area is 207 Å². The lowest BCUT2D eigenvalue weighted by Gasteiger charge is -2.26. The standard InChI is InChI=1S/C28H28N4O4/c1-18(27(33)30-10-4-12-31-13-15-35-16-14-31)36-19-7-8-24-23(17-19)21-9-11-29-25-20-5-2-3-6-22(20)28(34)32(24)26(21)25/h2-3,5-9,11,17-18H,4,10,12-16H2,1H3,(H,30,33). The maximum atomic E-state index is 13.4. The molecule has 5 aromatic rings. The van der Waals surface area contributed by atoms with Gasteiger partial charge in [0.25, 0.3) is 11.5 Å². The van der Waals surface area contributed by atoms with Gasteiger partial charge in [-0.2, -0.15) is 0 Å². The number of hydrogen-bond acceptors (Lipinski definition) is 6. The van der Waals surface area contributed by atoms with Crippen LogP contribution in [-0.4, -0.2) is 65.7 Å². The molecule has 36 heavy (non-hydrogen) atoms. The van der Waals surface area contributed by atoms with Crippen molar-refractivity contribution >= 4 is 44.0 Å². The van der Waals surface area contributed by atoms with Crippen molar-refractivity contribution in [2.24, 2.45) is 0 Å². The van der Waals surface area contributed by atoms with E-state index >= 15 is 0 Å². The van der Waals surface area contributed by atoms with Crippen LogP contribution in [0.4, 0.5) is 0 Å². The number of aromatic nitrogens is 2. The summed E-state index contributed by atoms with van der Waals surface area (Å²) < 4.78 is 13.1. The summed E-state index contributed by atoms with van der Waals surface area (Å²) in [5, 5.41) is 6.29. The van der Waals surface area contributed by atoms with E-state index in [4.69, 9.17) is 9.47 Å². The number of ether oxygens (including phenoxy) is 2. The Kier molecular flexibility index (Phi) is 5.91. The summed E-state index contributed by atoms with van der Waals surface area (Å²) in [6, 6.07) is 15.1. The number of rotatable bonds is 7. The maximum Gasteiger partial charge on any atom is 0.263 e. The Morgan fingerprint density at radius 2 is 1.89 bits per heavy atom. The van der Waals surface area contributed by atoms with Crippen molar-refractivity contribution in [2.45, 2.75) is 19.4 Å². The first-order valence-electron chi connectivity index (χ1n) is 12.4. The summed E-state index contributed by atoms with van der Waals surface area (Å²) in [4.78, 5) is 33.0. The van der Waals surface area contributed by atoms with E-state index in [1.54, 1.807) is 17.5 Å². The minimum atomic E-state index is -0.641. The summed E-state index contributed by atoms with van der Waals surface area (Å²) in [5.41, 5.74) is 2.33. The average Bonchev–Trinajstić information content (AvgIpc) is 3.25. The number of nitrogens with zero attached hydrogens (tertiary/aromatic N) is 3. The van der Waals surface area contributed by atoms with Gasteiger partial charge in [0.1, 0.15) is 5.75 Å².